The summed E-state index contributed by atoms with van der Waals surface area (Å²) in [7, 11) is 0. The molecule has 2 N–H and O–H groups in total. The van der Waals surface area contributed by atoms with Crippen molar-refractivity contribution in [1.82, 2.24) is 9.88 Å². The zero-order valence-corrected chi connectivity index (χ0v) is 17.0. The Labute approximate surface area is 156 Å². The van der Waals surface area contributed by atoms with Gasteiger partial charge in [-0.3, -0.25) is 4.79 Å². The minimum Gasteiger partial charge on any atom is -0.342 e. The number of nitrogens with two attached hydrogens (primary N) is 1. The average molecular weight is 382 g/mol. The zero-order valence-electron chi connectivity index (χ0n) is 14.6. The van der Waals surface area contributed by atoms with Crippen molar-refractivity contribution in [2.45, 2.75) is 58.9 Å². The fourth-order valence-corrected chi connectivity index (χ4v) is 3.49. The summed E-state index contributed by atoms with van der Waals surface area (Å²) in [5, 5.41) is 3.10. The summed E-state index contributed by atoms with van der Waals surface area (Å²) in [5.74, 6) is 0.167. The molecule has 0 saturated carbocycles. The Morgan fingerprint density at radius 3 is 2.52 bits per heavy atom. The van der Waals surface area contributed by atoms with Gasteiger partial charge in [-0.25, -0.2) is 4.98 Å². The van der Waals surface area contributed by atoms with Crippen molar-refractivity contribution in [3.8, 4) is 0 Å². The number of carbonyl (C=O) groups is 1. The van der Waals surface area contributed by atoms with Gasteiger partial charge in [-0.15, -0.1) is 36.2 Å². The van der Waals surface area contributed by atoms with E-state index in [9.17, 15) is 4.79 Å². The van der Waals surface area contributed by atoms with Crippen LogP contribution in [0.3, 0.4) is 0 Å². The Bertz CT molecular complexity index is 526. The number of rotatable bonds is 2. The summed E-state index contributed by atoms with van der Waals surface area (Å²) < 4.78 is 0. The van der Waals surface area contributed by atoms with Crippen LogP contribution in [0.5, 0.6) is 0 Å². The molecule has 0 spiro atoms. The van der Waals surface area contributed by atoms with Crippen molar-refractivity contribution < 1.29 is 4.79 Å². The van der Waals surface area contributed by atoms with Crippen LogP contribution < -0.4 is 5.73 Å². The van der Waals surface area contributed by atoms with Crippen LogP contribution in [0.1, 0.15) is 51.7 Å². The van der Waals surface area contributed by atoms with Crippen LogP contribution in [0, 0.1) is 5.41 Å². The maximum atomic E-state index is 12.5. The van der Waals surface area contributed by atoms with Gasteiger partial charge in [0, 0.05) is 29.9 Å². The summed E-state index contributed by atoms with van der Waals surface area (Å²) in [6.45, 7) is 12.2. The van der Waals surface area contributed by atoms with Crippen molar-refractivity contribution in [2.24, 2.45) is 11.1 Å². The number of hydrogen-bond donors (Lipinski definition) is 1. The quantitative estimate of drug-likeness (QED) is 0.853. The summed E-state index contributed by atoms with van der Waals surface area (Å²) in [6, 6.07) is 0.174. The van der Waals surface area contributed by atoms with E-state index >= 15 is 0 Å². The van der Waals surface area contributed by atoms with Crippen molar-refractivity contribution in [2.75, 3.05) is 13.1 Å². The summed E-state index contributed by atoms with van der Waals surface area (Å²) >= 11 is 1.64. The number of thiazole rings is 1. The number of nitrogens with zero attached hydrogens (tertiary/aromatic N) is 2. The predicted molar refractivity (Wildman–Crippen MR) is 102 cm³/mol. The molecule has 0 aromatic carbocycles. The van der Waals surface area contributed by atoms with Gasteiger partial charge in [0.15, 0.2) is 0 Å². The molecule has 0 aliphatic carbocycles. The highest BCUT2D eigenvalue weighted by Gasteiger charge is 2.35. The highest BCUT2D eigenvalue weighted by molar-refractivity contribution is 7.09. The molecule has 2 heterocycles. The molecule has 2 rings (SSSR count). The second-order valence-electron chi connectivity index (χ2n) is 7.77. The molecule has 1 aromatic rings. The monoisotopic (exact) mass is 381 g/mol. The molecule has 4 nitrogen and oxygen atoms in total. The van der Waals surface area contributed by atoms with Gasteiger partial charge in [0.1, 0.15) is 0 Å². The van der Waals surface area contributed by atoms with Crippen molar-refractivity contribution in [1.29, 1.82) is 0 Å². The van der Waals surface area contributed by atoms with Crippen molar-refractivity contribution in [3.05, 3.63) is 16.1 Å². The Balaban J connectivity index is 0.00000242. The molecule has 1 fully saturated rings. The lowest BCUT2D eigenvalue weighted by Gasteiger charge is -2.42. The van der Waals surface area contributed by atoms with E-state index in [4.69, 9.17) is 5.73 Å². The van der Waals surface area contributed by atoms with E-state index in [2.05, 4.69) is 39.6 Å². The molecular formula is C16H29Cl2N3OS. The van der Waals surface area contributed by atoms with Crippen LogP contribution in [0.15, 0.2) is 5.38 Å². The highest BCUT2D eigenvalue weighted by atomic mass is 35.5. The Morgan fingerprint density at radius 1 is 1.43 bits per heavy atom. The molecule has 1 amide bonds. The minimum absolute atomic E-state index is 0. The zero-order chi connectivity index (χ0) is 15.8. The minimum atomic E-state index is -0.00739. The third kappa shape index (κ3) is 5.59. The van der Waals surface area contributed by atoms with Gasteiger partial charge in [0.2, 0.25) is 5.91 Å². The number of aromatic nitrogens is 1. The fourth-order valence-electron chi connectivity index (χ4n) is 2.59. The van der Waals surface area contributed by atoms with Crippen molar-refractivity contribution >= 4 is 42.1 Å². The number of piperidine rings is 1. The normalized spacial score (nSPS) is 20.4. The second kappa shape index (κ2) is 8.15. The smallest absolute Gasteiger partial charge is 0.228 e. The van der Waals surface area contributed by atoms with Gasteiger partial charge in [-0.2, -0.15) is 0 Å². The largest absolute Gasteiger partial charge is 0.342 e. The molecule has 134 valence electrons. The lowest BCUT2D eigenvalue weighted by atomic mass is 9.79. The number of carbonyl (C=O) groups excluding carboxylic acids is 1. The van der Waals surface area contributed by atoms with Gasteiger partial charge < -0.3 is 10.6 Å². The van der Waals surface area contributed by atoms with Gasteiger partial charge >= 0.3 is 0 Å². The molecule has 7 heteroatoms. The van der Waals surface area contributed by atoms with Crippen molar-refractivity contribution in [3.63, 3.8) is 0 Å². The molecule has 1 aliphatic heterocycles. The number of amides is 1. The first-order valence-corrected chi connectivity index (χ1v) is 8.46. The topological polar surface area (TPSA) is 59.2 Å². The van der Waals surface area contributed by atoms with Gasteiger partial charge in [0.25, 0.3) is 0 Å². The van der Waals surface area contributed by atoms with E-state index in [1.807, 2.05) is 10.3 Å². The first-order chi connectivity index (χ1) is 9.59. The van der Waals surface area contributed by atoms with Crippen LogP contribution in [-0.2, 0) is 16.6 Å². The molecule has 1 atom stereocenters. The molecule has 1 unspecified atom stereocenters. The summed E-state index contributed by atoms with van der Waals surface area (Å²) in [5.41, 5.74) is 7.06. The van der Waals surface area contributed by atoms with E-state index < -0.39 is 0 Å². The Hall–Kier alpha value is -0.360. The second-order valence-corrected chi connectivity index (χ2v) is 8.63. The molecule has 0 radical (unpaired) electrons. The molecule has 0 bridgehead atoms. The Morgan fingerprint density at radius 2 is 2.04 bits per heavy atom. The van der Waals surface area contributed by atoms with Crippen LogP contribution in [0.4, 0.5) is 0 Å². The third-order valence-electron chi connectivity index (χ3n) is 4.19. The Kier molecular flexibility index (Phi) is 8.02. The predicted octanol–water partition coefficient (Wildman–Crippen LogP) is 3.41. The number of hydrogen-bond acceptors (Lipinski definition) is 4. The highest BCUT2D eigenvalue weighted by Crippen LogP contribution is 2.29. The van der Waals surface area contributed by atoms with E-state index in [-0.39, 0.29) is 47.6 Å². The SMILES string of the molecule is CC(C)(C)c1nc(CC(=O)N2CCC(N)C(C)(C)C2)cs1.Cl.Cl. The average Bonchev–Trinajstić information content (AvgIpc) is 2.80. The molecule has 1 saturated heterocycles. The van der Waals surface area contributed by atoms with E-state index in [1.165, 1.54) is 0 Å². The molecule has 23 heavy (non-hydrogen) atoms. The van der Waals surface area contributed by atoms with E-state index in [0.29, 0.717) is 6.42 Å². The van der Waals surface area contributed by atoms with Crippen LogP contribution in [-0.4, -0.2) is 34.9 Å². The first-order valence-electron chi connectivity index (χ1n) is 7.58. The summed E-state index contributed by atoms with van der Waals surface area (Å²) in [6.07, 6.45) is 1.28. The number of halogens is 2. The third-order valence-corrected chi connectivity index (χ3v) is 5.51. The maximum Gasteiger partial charge on any atom is 0.228 e. The number of likely N-dealkylation sites (tertiary alicyclic amines) is 1. The lowest BCUT2D eigenvalue weighted by molar-refractivity contribution is -0.133. The van der Waals surface area contributed by atoms with E-state index in [0.717, 1.165) is 30.2 Å². The van der Waals surface area contributed by atoms with Gasteiger partial charge in [0.05, 0.1) is 17.1 Å². The standard InChI is InChI=1S/C16H27N3OS.2ClH/c1-15(2,3)14-18-11(9-21-14)8-13(20)19-7-6-12(17)16(4,5)10-19;;/h9,12H,6-8,10,17H2,1-5H3;2*1H. The molecule has 1 aliphatic rings. The van der Waals surface area contributed by atoms with Gasteiger partial charge in [-0.05, 0) is 11.8 Å². The lowest BCUT2D eigenvalue weighted by Crippen LogP contribution is -2.54. The van der Waals surface area contributed by atoms with E-state index in [1.54, 1.807) is 11.3 Å². The fraction of sp³-hybridized carbons (Fsp3) is 0.750. The van der Waals surface area contributed by atoms with Gasteiger partial charge in [-0.1, -0.05) is 34.6 Å². The molecular weight excluding hydrogens is 353 g/mol. The van der Waals surface area contributed by atoms with Crippen LogP contribution in [0.2, 0.25) is 0 Å². The summed E-state index contributed by atoms with van der Waals surface area (Å²) in [4.78, 5) is 19.0. The van der Waals surface area contributed by atoms with Crippen LogP contribution >= 0.6 is 36.2 Å². The maximum absolute atomic E-state index is 12.5. The first kappa shape index (κ1) is 22.6. The molecule has 1 aromatic heterocycles. The van der Waals surface area contributed by atoms with Crippen LogP contribution in [0.25, 0.3) is 0 Å².